The maximum absolute atomic E-state index is 5.25. The van der Waals surface area contributed by atoms with Gasteiger partial charge < -0.3 is 9.47 Å². The highest BCUT2D eigenvalue weighted by Gasteiger charge is 2.02. The summed E-state index contributed by atoms with van der Waals surface area (Å²) in [5, 5.41) is 0. The predicted octanol–water partition coefficient (Wildman–Crippen LogP) is 3.91. The van der Waals surface area contributed by atoms with Crippen LogP contribution in [0.15, 0.2) is 24.3 Å². The summed E-state index contributed by atoms with van der Waals surface area (Å²) in [7, 11) is 3.30. The minimum absolute atomic E-state index is 0.771. The smallest absolute Gasteiger partial charge is 0.161 e. The van der Waals surface area contributed by atoms with E-state index in [1.54, 1.807) is 14.2 Å². The van der Waals surface area contributed by atoms with Gasteiger partial charge in [0.05, 0.1) is 14.2 Å². The van der Waals surface area contributed by atoms with Gasteiger partial charge in [-0.3, -0.25) is 0 Å². The van der Waals surface area contributed by atoms with Gasteiger partial charge in [0, 0.05) is 0 Å². The van der Waals surface area contributed by atoms with Crippen LogP contribution in [0.2, 0.25) is 0 Å². The monoisotopic (exact) mass is 220 g/mol. The molecule has 0 aliphatic rings. The number of hydrogen-bond donors (Lipinski definition) is 0. The Morgan fingerprint density at radius 1 is 1.12 bits per heavy atom. The summed E-state index contributed by atoms with van der Waals surface area (Å²) < 4.78 is 10.4. The summed E-state index contributed by atoms with van der Waals surface area (Å²) in [6.07, 6.45) is 7.92. The predicted molar refractivity (Wildman–Crippen MR) is 68.1 cm³/mol. The molecule has 0 unspecified atom stereocenters. The molecule has 16 heavy (non-hydrogen) atoms. The Kier molecular flexibility index (Phi) is 5.48. The van der Waals surface area contributed by atoms with E-state index >= 15 is 0 Å². The Labute approximate surface area is 97.9 Å². The fourth-order valence-electron chi connectivity index (χ4n) is 1.50. The zero-order valence-corrected chi connectivity index (χ0v) is 10.3. The molecule has 0 saturated carbocycles. The van der Waals surface area contributed by atoms with Gasteiger partial charge in [0.25, 0.3) is 0 Å². The topological polar surface area (TPSA) is 18.5 Å². The molecule has 0 aliphatic heterocycles. The lowest BCUT2D eigenvalue weighted by Gasteiger charge is -2.07. The summed E-state index contributed by atoms with van der Waals surface area (Å²) in [6, 6.07) is 5.95. The van der Waals surface area contributed by atoms with Crippen LogP contribution in [-0.4, -0.2) is 14.2 Å². The van der Waals surface area contributed by atoms with E-state index in [1.807, 2.05) is 18.2 Å². The van der Waals surface area contributed by atoms with Crippen LogP contribution in [0.25, 0.3) is 6.08 Å². The quantitative estimate of drug-likeness (QED) is 0.677. The number of allylic oxidation sites excluding steroid dienone is 1. The van der Waals surface area contributed by atoms with Crippen LogP contribution >= 0.6 is 0 Å². The average molecular weight is 220 g/mol. The van der Waals surface area contributed by atoms with Gasteiger partial charge in [-0.2, -0.15) is 0 Å². The van der Waals surface area contributed by atoms with Crippen molar-refractivity contribution in [1.29, 1.82) is 0 Å². The molecular formula is C14H20O2. The highest BCUT2D eigenvalue weighted by molar-refractivity contribution is 5.55. The van der Waals surface area contributed by atoms with Gasteiger partial charge in [-0.25, -0.2) is 0 Å². The zero-order chi connectivity index (χ0) is 11.8. The Balaban J connectivity index is 2.71. The lowest BCUT2D eigenvalue weighted by Crippen LogP contribution is -1.90. The van der Waals surface area contributed by atoms with E-state index in [0.29, 0.717) is 0 Å². The number of benzene rings is 1. The average Bonchev–Trinajstić information content (AvgIpc) is 2.34. The first kappa shape index (κ1) is 12.6. The van der Waals surface area contributed by atoms with Gasteiger partial charge in [0.1, 0.15) is 0 Å². The number of unbranched alkanes of at least 4 members (excludes halogenated alkanes) is 2. The van der Waals surface area contributed by atoms with Crippen LogP contribution in [0.1, 0.15) is 31.7 Å². The molecule has 1 aromatic carbocycles. The third-order valence-electron chi connectivity index (χ3n) is 2.44. The largest absolute Gasteiger partial charge is 0.493 e. The number of hydrogen-bond acceptors (Lipinski definition) is 2. The molecular weight excluding hydrogens is 200 g/mol. The third-order valence-corrected chi connectivity index (χ3v) is 2.44. The second-order valence-electron chi connectivity index (χ2n) is 3.66. The second kappa shape index (κ2) is 6.94. The molecule has 2 nitrogen and oxygen atoms in total. The lowest BCUT2D eigenvalue weighted by atomic mass is 10.1. The van der Waals surface area contributed by atoms with Crippen LogP contribution in [-0.2, 0) is 0 Å². The van der Waals surface area contributed by atoms with Crippen molar-refractivity contribution in [2.75, 3.05) is 14.2 Å². The summed E-state index contributed by atoms with van der Waals surface area (Å²) >= 11 is 0. The third kappa shape index (κ3) is 3.61. The summed E-state index contributed by atoms with van der Waals surface area (Å²) in [5.74, 6) is 1.55. The molecule has 0 amide bonds. The molecule has 0 bridgehead atoms. The molecule has 0 fully saturated rings. The van der Waals surface area contributed by atoms with Gasteiger partial charge in [-0.05, 0) is 24.1 Å². The van der Waals surface area contributed by atoms with Crippen molar-refractivity contribution in [3.8, 4) is 11.5 Å². The summed E-state index contributed by atoms with van der Waals surface area (Å²) in [4.78, 5) is 0. The van der Waals surface area contributed by atoms with E-state index < -0.39 is 0 Å². The van der Waals surface area contributed by atoms with Crippen LogP contribution < -0.4 is 9.47 Å². The number of ether oxygens (including phenoxy) is 2. The Morgan fingerprint density at radius 2 is 1.88 bits per heavy atom. The Bertz CT molecular complexity index is 343. The minimum atomic E-state index is 0.771. The lowest BCUT2D eigenvalue weighted by molar-refractivity contribution is 0.355. The van der Waals surface area contributed by atoms with Crippen molar-refractivity contribution in [2.24, 2.45) is 0 Å². The maximum Gasteiger partial charge on any atom is 0.161 e. The molecule has 0 atom stereocenters. The van der Waals surface area contributed by atoms with Crippen LogP contribution in [0, 0.1) is 0 Å². The molecule has 1 aromatic rings. The molecule has 0 radical (unpaired) electrons. The van der Waals surface area contributed by atoms with Gasteiger partial charge in [-0.15, -0.1) is 0 Å². The second-order valence-corrected chi connectivity index (χ2v) is 3.66. The molecule has 1 rings (SSSR count). The van der Waals surface area contributed by atoms with E-state index in [4.69, 9.17) is 9.47 Å². The minimum Gasteiger partial charge on any atom is -0.493 e. The van der Waals surface area contributed by atoms with Crippen LogP contribution in [0.4, 0.5) is 0 Å². The van der Waals surface area contributed by atoms with Crippen LogP contribution in [0.3, 0.4) is 0 Å². The van der Waals surface area contributed by atoms with Crippen molar-refractivity contribution in [2.45, 2.75) is 26.2 Å². The summed E-state index contributed by atoms with van der Waals surface area (Å²) in [5.41, 5.74) is 1.15. The molecule has 0 saturated heterocycles. The molecule has 0 aromatic heterocycles. The molecule has 0 aliphatic carbocycles. The van der Waals surface area contributed by atoms with E-state index in [0.717, 1.165) is 23.5 Å². The fraction of sp³-hybridized carbons (Fsp3) is 0.429. The maximum atomic E-state index is 5.25. The number of methoxy groups -OCH3 is 2. The normalized spacial score (nSPS) is 10.7. The van der Waals surface area contributed by atoms with Crippen molar-refractivity contribution in [3.05, 3.63) is 29.8 Å². The van der Waals surface area contributed by atoms with Gasteiger partial charge in [0.15, 0.2) is 11.5 Å². The van der Waals surface area contributed by atoms with E-state index in [1.165, 1.54) is 12.8 Å². The fourth-order valence-corrected chi connectivity index (χ4v) is 1.50. The van der Waals surface area contributed by atoms with E-state index in [-0.39, 0.29) is 0 Å². The standard InChI is InChI=1S/C14H20O2/c1-4-5-6-7-8-12-9-10-13(15-2)14(11-12)16-3/h7-11H,4-6H2,1-3H3/b8-7+. The Morgan fingerprint density at radius 3 is 2.50 bits per heavy atom. The van der Waals surface area contributed by atoms with Crippen molar-refractivity contribution in [3.63, 3.8) is 0 Å². The molecule has 0 heterocycles. The van der Waals surface area contributed by atoms with Gasteiger partial charge in [0.2, 0.25) is 0 Å². The molecule has 88 valence electrons. The molecule has 0 N–H and O–H groups in total. The van der Waals surface area contributed by atoms with Crippen LogP contribution in [0.5, 0.6) is 11.5 Å². The van der Waals surface area contributed by atoms with E-state index in [9.17, 15) is 0 Å². The molecule has 0 spiro atoms. The highest BCUT2D eigenvalue weighted by Crippen LogP contribution is 2.27. The summed E-state index contributed by atoms with van der Waals surface area (Å²) in [6.45, 7) is 2.20. The first-order valence-corrected chi connectivity index (χ1v) is 5.70. The molecule has 2 heteroatoms. The highest BCUT2D eigenvalue weighted by atomic mass is 16.5. The van der Waals surface area contributed by atoms with Crippen molar-refractivity contribution < 1.29 is 9.47 Å². The Hall–Kier alpha value is -1.44. The SMILES string of the molecule is CCCC/C=C/c1ccc(OC)c(OC)c1. The van der Waals surface area contributed by atoms with Gasteiger partial charge >= 0.3 is 0 Å². The first-order valence-electron chi connectivity index (χ1n) is 5.70. The zero-order valence-electron chi connectivity index (χ0n) is 10.3. The van der Waals surface area contributed by atoms with E-state index in [2.05, 4.69) is 19.1 Å². The van der Waals surface area contributed by atoms with Crippen molar-refractivity contribution in [1.82, 2.24) is 0 Å². The van der Waals surface area contributed by atoms with Gasteiger partial charge in [-0.1, -0.05) is 38.0 Å². The number of rotatable bonds is 6. The first-order chi connectivity index (χ1) is 7.81. The van der Waals surface area contributed by atoms with Crippen molar-refractivity contribution >= 4 is 6.08 Å².